The van der Waals surface area contributed by atoms with Gasteiger partial charge in [-0.1, -0.05) is 23.9 Å². The average molecular weight is 411 g/mol. The molecule has 29 heavy (non-hydrogen) atoms. The monoisotopic (exact) mass is 411 g/mol. The number of rotatable bonds is 7. The van der Waals surface area contributed by atoms with E-state index in [9.17, 15) is 14.7 Å². The second kappa shape index (κ2) is 9.24. The second-order valence-electron chi connectivity index (χ2n) is 6.16. The lowest BCUT2D eigenvalue weighted by molar-refractivity contribution is -0.114. The van der Waals surface area contributed by atoms with Crippen LogP contribution in [0.2, 0.25) is 0 Å². The SMILES string of the molecule is CCn1c(SCC(=O)Nc2ccc(NC(C)=O)cc2)nnc1-c1ccccc1O. The average Bonchev–Trinajstić information content (AvgIpc) is 3.10. The van der Waals surface area contributed by atoms with Crippen molar-refractivity contribution >= 4 is 35.0 Å². The number of aromatic nitrogens is 3. The number of anilines is 2. The smallest absolute Gasteiger partial charge is 0.234 e. The largest absolute Gasteiger partial charge is 0.507 e. The topological polar surface area (TPSA) is 109 Å². The molecule has 0 fully saturated rings. The summed E-state index contributed by atoms with van der Waals surface area (Å²) in [5.41, 5.74) is 1.89. The van der Waals surface area contributed by atoms with Gasteiger partial charge >= 0.3 is 0 Å². The third-order valence-corrected chi connectivity index (χ3v) is 4.97. The lowest BCUT2D eigenvalue weighted by atomic mass is 10.2. The molecule has 8 nitrogen and oxygen atoms in total. The highest BCUT2D eigenvalue weighted by Gasteiger charge is 2.16. The number of phenols is 1. The Labute approximate surface area is 172 Å². The summed E-state index contributed by atoms with van der Waals surface area (Å²) in [5.74, 6) is 0.513. The molecule has 150 valence electrons. The van der Waals surface area contributed by atoms with E-state index >= 15 is 0 Å². The molecule has 3 N–H and O–H groups in total. The van der Waals surface area contributed by atoms with Crippen LogP contribution in [0.1, 0.15) is 13.8 Å². The Morgan fingerprint density at radius 2 is 1.69 bits per heavy atom. The third-order valence-electron chi connectivity index (χ3n) is 4.00. The van der Waals surface area contributed by atoms with Gasteiger partial charge in [0.1, 0.15) is 5.75 Å². The lowest BCUT2D eigenvalue weighted by Crippen LogP contribution is -2.14. The molecule has 0 saturated heterocycles. The van der Waals surface area contributed by atoms with Gasteiger partial charge in [0.25, 0.3) is 0 Å². The molecule has 0 radical (unpaired) electrons. The molecule has 0 aliphatic rings. The van der Waals surface area contributed by atoms with Gasteiger partial charge in [0.05, 0.1) is 11.3 Å². The van der Waals surface area contributed by atoms with Crippen molar-refractivity contribution in [2.45, 2.75) is 25.5 Å². The van der Waals surface area contributed by atoms with Gasteiger partial charge < -0.3 is 20.3 Å². The highest BCUT2D eigenvalue weighted by Crippen LogP contribution is 2.30. The Kier molecular flexibility index (Phi) is 6.50. The number of amides is 2. The first-order chi connectivity index (χ1) is 14.0. The van der Waals surface area contributed by atoms with Gasteiger partial charge in [-0.15, -0.1) is 10.2 Å². The van der Waals surface area contributed by atoms with E-state index in [4.69, 9.17) is 0 Å². The van der Waals surface area contributed by atoms with Crippen LogP contribution in [0.5, 0.6) is 5.75 Å². The summed E-state index contributed by atoms with van der Waals surface area (Å²) in [4.78, 5) is 23.3. The van der Waals surface area contributed by atoms with Gasteiger partial charge in [0, 0.05) is 24.8 Å². The molecule has 0 aliphatic carbocycles. The quantitative estimate of drug-likeness (QED) is 0.515. The molecule has 0 spiro atoms. The first kappa shape index (κ1) is 20.4. The van der Waals surface area contributed by atoms with E-state index in [-0.39, 0.29) is 23.3 Å². The Morgan fingerprint density at radius 1 is 1.03 bits per heavy atom. The minimum absolute atomic E-state index is 0.131. The summed E-state index contributed by atoms with van der Waals surface area (Å²) in [7, 11) is 0. The number of aromatic hydroxyl groups is 1. The molecule has 0 bridgehead atoms. The molecule has 2 aromatic carbocycles. The van der Waals surface area contributed by atoms with Gasteiger partial charge in [-0.25, -0.2) is 0 Å². The molecule has 0 saturated carbocycles. The number of phenolic OH excluding ortho intramolecular Hbond substituents is 1. The maximum atomic E-state index is 12.3. The van der Waals surface area contributed by atoms with Crippen LogP contribution in [-0.4, -0.2) is 37.4 Å². The van der Waals surface area contributed by atoms with Crippen LogP contribution in [0.4, 0.5) is 11.4 Å². The maximum absolute atomic E-state index is 12.3. The zero-order chi connectivity index (χ0) is 20.8. The second-order valence-corrected chi connectivity index (χ2v) is 7.11. The predicted octanol–water partition coefficient (Wildman–Crippen LogP) is 3.36. The fourth-order valence-electron chi connectivity index (χ4n) is 2.71. The van der Waals surface area contributed by atoms with Crippen molar-refractivity contribution in [3.63, 3.8) is 0 Å². The standard InChI is InChI=1S/C20H21N5O3S/c1-3-25-19(16-6-4-5-7-17(16)27)23-24-20(25)29-12-18(28)22-15-10-8-14(9-11-15)21-13(2)26/h4-11,27H,3,12H2,1-2H3,(H,21,26)(H,22,28). The van der Waals surface area contributed by atoms with Gasteiger partial charge in [-0.3, -0.25) is 9.59 Å². The van der Waals surface area contributed by atoms with E-state index < -0.39 is 0 Å². The van der Waals surface area contributed by atoms with Crippen LogP contribution in [0.3, 0.4) is 0 Å². The summed E-state index contributed by atoms with van der Waals surface area (Å²) in [6, 6.07) is 13.8. The van der Waals surface area contributed by atoms with Crippen molar-refractivity contribution in [1.29, 1.82) is 0 Å². The summed E-state index contributed by atoms with van der Waals surface area (Å²) in [6.45, 7) is 3.99. The lowest BCUT2D eigenvalue weighted by Gasteiger charge is -2.09. The highest BCUT2D eigenvalue weighted by molar-refractivity contribution is 7.99. The Hall–Kier alpha value is -3.33. The fourth-order valence-corrected chi connectivity index (χ4v) is 3.51. The molecule has 3 aromatic rings. The minimum Gasteiger partial charge on any atom is -0.507 e. The summed E-state index contributed by atoms with van der Waals surface area (Å²) in [5, 5.41) is 24.5. The predicted molar refractivity (Wildman–Crippen MR) is 113 cm³/mol. The molecule has 1 heterocycles. The minimum atomic E-state index is -0.183. The van der Waals surface area contributed by atoms with Crippen molar-refractivity contribution in [2.24, 2.45) is 0 Å². The number of nitrogens with one attached hydrogen (secondary N) is 2. The van der Waals surface area contributed by atoms with Crippen LogP contribution < -0.4 is 10.6 Å². The Morgan fingerprint density at radius 3 is 2.31 bits per heavy atom. The third kappa shape index (κ3) is 5.14. The molecule has 0 unspecified atom stereocenters. The van der Waals surface area contributed by atoms with E-state index in [0.29, 0.717) is 34.5 Å². The zero-order valence-electron chi connectivity index (χ0n) is 16.0. The number of carbonyl (C=O) groups excluding carboxylic acids is 2. The molecular formula is C20H21N5O3S. The summed E-state index contributed by atoms with van der Waals surface area (Å²) >= 11 is 1.27. The Balaban J connectivity index is 1.63. The van der Waals surface area contributed by atoms with Crippen molar-refractivity contribution < 1.29 is 14.7 Å². The number of thioether (sulfide) groups is 1. The number of nitrogens with zero attached hydrogens (tertiary/aromatic N) is 3. The van der Waals surface area contributed by atoms with Crippen LogP contribution in [0, 0.1) is 0 Å². The van der Waals surface area contributed by atoms with Crippen LogP contribution in [0.15, 0.2) is 53.7 Å². The number of benzene rings is 2. The van der Waals surface area contributed by atoms with E-state index in [1.807, 2.05) is 17.6 Å². The first-order valence-electron chi connectivity index (χ1n) is 8.99. The Bertz CT molecular complexity index is 1020. The maximum Gasteiger partial charge on any atom is 0.234 e. The number of hydrogen-bond donors (Lipinski definition) is 3. The van der Waals surface area contributed by atoms with Crippen molar-refractivity contribution in [3.8, 4) is 17.1 Å². The zero-order valence-corrected chi connectivity index (χ0v) is 16.9. The molecule has 0 aliphatic heterocycles. The summed E-state index contributed by atoms with van der Waals surface area (Å²) < 4.78 is 1.86. The van der Waals surface area contributed by atoms with Gasteiger partial charge in [-0.2, -0.15) is 0 Å². The normalized spacial score (nSPS) is 10.6. The van der Waals surface area contributed by atoms with Gasteiger partial charge in [-0.05, 0) is 43.3 Å². The molecule has 0 atom stereocenters. The van der Waals surface area contributed by atoms with E-state index in [2.05, 4.69) is 20.8 Å². The summed E-state index contributed by atoms with van der Waals surface area (Å²) in [6.07, 6.45) is 0. The number of hydrogen-bond acceptors (Lipinski definition) is 6. The van der Waals surface area contributed by atoms with E-state index in [0.717, 1.165) is 0 Å². The molecule has 2 amide bonds. The van der Waals surface area contributed by atoms with E-state index in [1.165, 1.54) is 18.7 Å². The fraction of sp³-hybridized carbons (Fsp3) is 0.200. The molecule has 3 rings (SSSR count). The highest BCUT2D eigenvalue weighted by atomic mass is 32.2. The van der Waals surface area contributed by atoms with Crippen molar-refractivity contribution in [3.05, 3.63) is 48.5 Å². The molecule has 9 heteroatoms. The van der Waals surface area contributed by atoms with Crippen LogP contribution in [-0.2, 0) is 16.1 Å². The van der Waals surface area contributed by atoms with Gasteiger partial charge in [0.15, 0.2) is 11.0 Å². The van der Waals surface area contributed by atoms with E-state index in [1.54, 1.807) is 42.5 Å². The van der Waals surface area contributed by atoms with Crippen LogP contribution in [0.25, 0.3) is 11.4 Å². The number of carbonyl (C=O) groups is 2. The van der Waals surface area contributed by atoms with Crippen LogP contribution >= 0.6 is 11.8 Å². The van der Waals surface area contributed by atoms with Crippen molar-refractivity contribution in [1.82, 2.24) is 14.8 Å². The number of para-hydroxylation sites is 1. The van der Waals surface area contributed by atoms with Gasteiger partial charge in [0.2, 0.25) is 11.8 Å². The molecule has 1 aromatic heterocycles. The molecular weight excluding hydrogens is 390 g/mol. The first-order valence-corrected chi connectivity index (χ1v) is 9.98. The van der Waals surface area contributed by atoms with Crippen molar-refractivity contribution in [2.75, 3.05) is 16.4 Å².